The van der Waals surface area contributed by atoms with Crippen molar-refractivity contribution in [3.63, 3.8) is 0 Å². The minimum absolute atomic E-state index is 0.0415. The smallest absolute Gasteiger partial charge is 0.137 e. The Morgan fingerprint density at radius 2 is 1.71 bits per heavy atom. The fourth-order valence-corrected chi connectivity index (χ4v) is 4.05. The molecule has 34 heavy (non-hydrogen) atoms. The largest absolute Gasteiger partial charge is 0.381 e. The average Bonchev–Trinajstić information content (AvgIpc) is 3.46. The number of imidazole rings is 1. The number of hydrogen-bond donors (Lipinski definition) is 1. The number of fused-ring (bicyclic) bond motifs is 1. The first kappa shape index (κ1) is 21.7. The summed E-state index contributed by atoms with van der Waals surface area (Å²) in [5.41, 5.74) is 0.681. The highest BCUT2D eigenvalue weighted by atomic mass is 19.1. The van der Waals surface area contributed by atoms with Crippen molar-refractivity contribution in [2.75, 3.05) is 0 Å². The lowest BCUT2D eigenvalue weighted by Gasteiger charge is -2.30. The molecule has 5 aromatic rings. The molecule has 5 rings (SSSR count). The number of aliphatic hydroxyl groups is 1. The number of hydrogen-bond acceptors (Lipinski definition) is 4. The Labute approximate surface area is 194 Å². The Balaban J connectivity index is 1.62. The predicted octanol–water partition coefficient (Wildman–Crippen LogP) is 4.66. The molecular formula is C26H21F2N5O. The first-order valence-electron chi connectivity index (χ1n) is 10.7. The number of rotatable bonds is 7. The molecule has 0 saturated heterocycles. The molecular weight excluding hydrogens is 436 g/mol. The van der Waals surface area contributed by atoms with E-state index in [9.17, 15) is 13.9 Å². The van der Waals surface area contributed by atoms with Crippen molar-refractivity contribution in [2.24, 2.45) is 0 Å². The van der Waals surface area contributed by atoms with Gasteiger partial charge < -0.3 is 9.67 Å². The van der Waals surface area contributed by atoms with E-state index in [-0.39, 0.29) is 18.7 Å². The van der Waals surface area contributed by atoms with Crippen molar-refractivity contribution in [3.05, 3.63) is 114 Å². The van der Waals surface area contributed by atoms with Crippen LogP contribution in [0.15, 0.2) is 85.5 Å². The summed E-state index contributed by atoms with van der Waals surface area (Å²) in [6.07, 6.45) is 6.55. The number of benzene rings is 3. The van der Waals surface area contributed by atoms with Crippen LogP contribution in [0.2, 0.25) is 0 Å². The number of nitrogens with zero attached hydrogens (tertiary/aromatic N) is 5. The zero-order valence-electron chi connectivity index (χ0n) is 18.1. The number of para-hydroxylation sites is 2. The molecule has 0 saturated carbocycles. The molecule has 0 spiro atoms. The molecule has 2 aromatic heterocycles. The zero-order valence-corrected chi connectivity index (χ0v) is 18.1. The third-order valence-electron chi connectivity index (χ3n) is 5.65. The molecule has 0 radical (unpaired) electrons. The highest BCUT2D eigenvalue weighted by molar-refractivity contribution is 5.80. The summed E-state index contributed by atoms with van der Waals surface area (Å²) in [5, 5.41) is 15.9. The zero-order chi connectivity index (χ0) is 23.5. The molecule has 6 nitrogen and oxygen atoms in total. The van der Waals surface area contributed by atoms with E-state index in [0.717, 1.165) is 28.7 Å². The van der Waals surface area contributed by atoms with E-state index in [2.05, 4.69) is 10.1 Å². The topological polar surface area (TPSA) is 68.8 Å². The Morgan fingerprint density at radius 1 is 0.912 bits per heavy atom. The minimum Gasteiger partial charge on any atom is -0.381 e. The van der Waals surface area contributed by atoms with Crippen LogP contribution in [-0.2, 0) is 18.7 Å². The van der Waals surface area contributed by atoms with Crippen LogP contribution in [0.25, 0.3) is 23.2 Å². The quantitative estimate of drug-likeness (QED) is 0.386. The lowest BCUT2D eigenvalue weighted by molar-refractivity contribution is -0.00463. The fraction of sp³-hybridized carbons (Fsp3) is 0.115. The molecule has 2 heterocycles. The second-order valence-corrected chi connectivity index (χ2v) is 8.04. The minimum atomic E-state index is -1.77. The first-order valence-corrected chi connectivity index (χ1v) is 10.7. The predicted molar refractivity (Wildman–Crippen MR) is 125 cm³/mol. The lowest BCUT2D eigenvalue weighted by Crippen LogP contribution is -2.37. The molecule has 0 aliphatic rings. The summed E-state index contributed by atoms with van der Waals surface area (Å²) in [6, 6.07) is 20.4. The van der Waals surface area contributed by atoms with E-state index in [1.807, 2.05) is 71.3 Å². The first-order chi connectivity index (χ1) is 16.5. The van der Waals surface area contributed by atoms with Crippen LogP contribution in [0.5, 0.6) is 0 Å². The Bertz CT molecular complexity index is 1450. The van der Waals surface area contributed by atoms with Gasteiger partial charge in [0.25, 0.3) is 0 Å². The summed E-state index contributed by atoms with van der Waals surface area (Å²) >= 11 is 0. The van der Waals surface area contributed by atoms with E-state index in [1.54, 1.807) is 0 Å². The van der Waals surface area contributed by atoms with Crippen molar-refractivity contribution >= 4 is 23.2 Å². The van der Waals surface area contributed by atoms with Crippen molar-refractivity contribution in [3.8, 4) is 0 Å². The summed E-state index contributed by atoms with van der Waals surface area (Å²) in [5.74, 6) is -0.970. The van der Waals surface area contributed by atoms with E-state index in [4.69, 9.17) is 4.98 Å². The van der Waals surface area contributed by atoms with E-state index < -0.39 is 17.2 Å². The number of aromatic nitrogens is 5. The molecule has 3 aromatic carbocycles. The summed E-state index contributed by atoms with van der Waals surface area (Å²) in [7, 11) is 0. The molecule has 0 aliphatic heterocycles. The van der Waals surface area contributed by atoms with Crippen molar-refractivity contribution in [2.45, 2.75) is 18.7 Å². The van der Waals surface area contributed by atoms with Gasteiger partial charge in [0.15, 0.2) is 0 Å². The molecule has 0 aliphatic carbocycles. The van der Waals surface area contributed by atoms with E-state index in [0.29, 0.717) is 5.82 Å². The molecule has 1 atom stereocenters. The maximum absolute atomic E-state index is 14.9. The van der Waals surface area contributed by atoms with Crippen LogP contribution in [0, 0.1) is 11.6 Å². The summed E-state index contributed by atoms with van der Waals surface area (Å²) in [6.45, 7) is -0.145. The molecule has 0 fully saturated rings. The standard InChI is InChI=1S/C26H21F2N5O/c27-20-11-12-21(22(28)14-20)26(34,15-32-18-29-17-30-32)16-33-24-9-5-4-8-23(24)31-25(33)13-10-19-6-2-1-3-7-19/h1-14,17-18,34H,15-16H2/b13-10+. The second kappa shape index (κ2) is 8.99. The van der Waals surface area contributed by atoms with Gasteiger partial charge in [-0.1, -0.05) is 54.6 Å². The third-order valence-corrected chi connectivity index (χ3v) is 5.65. The normalized spacial score (nSPS) is 13.5. The molecule has 1 N–H and O–H groups in total. The molecule has 170 valence electrons. The average molecular weight is 457 g/mol. The van der Waals surface area contributed by atoms with Gasteiger partial charge in [-0.05, 0) is 29.8 Å². The third kappa shape index (κ3) is 4.35. The molecule has 0 amide bonds. The van der Waals surface area contributed by atoms with Gasteiger partial charge in [0.1, 0.15) is 35.7 Å². The van der Waals surface area contributed by atoms with Crippen LogP contribution in [-0.4, -0.2) is 29.4 Å². The maximum Gasteiger partial charge on any atom is 0.137 e. The fourth-order valence-electron chi connectivity index (χ4n) is 4.05. The van der Waals surface area contributed by atoms with Gasteiger partial charge in [-0.15, -0.1) is 0 Å². The Kier molecular flexibility index (Phi) is 5.73. The van der Waals surface area contributed by atoms with Gasteiger partial charge in [-0.2, -0.15) is 5.10 Å². The Morgan fingerprint density at radius 3 is 2.47 bits per heavy atom. The van der Waals surface area contributed by atoms with Gasteiger partial charge >= 0.3 is 0 Å². The van der Waals surface area contributed by atoms with Crippen LogP contribution in [0.3, 0.4) is 0 Å². The van der Waals surface area contributed by atoms with E-state index in [1.165, 1.54) is 23.4 Å². The highest BCUT2D eigenvalue weighted by Crippen LogP contribution is 2.31. The molecule has 0 bridgehead atoms. The maximum atomic E-state index is 14.9. The van der Waals surface area contributed by atoms with Crippen LogP contribution >= 0.6 is 0 Å². The summed E-state index contributed by atoms with van der Waals surface area (Å²) in [4.78, 5) is 8.64. The lowest BCUT2D eigenvalue weighted by atomic mass is 9.92. The summed E-state index contributed by atoms with van der Waals surface area (Å²) < 4.78 is 31.8. The van der Waals surface area contributed by atoms with Crippen molar-refractivity contribution in [1.29, 1.82) is 0 Å². The SMILES string of the molecule is OC(Cn1cncn1)(Cn1c(/C=C/c2ccccc2)nc2ccccc21)c1ccc(F)cc1F. The highest BCUT2D eigenvalue weighted by Gasteiger charge is 2.35. The van der Waals surface area contributed by atoms with Gasteiger partial charge in [-0.25, -0.2) is 23.4 Å². The molecule has 8 heteroatoms. The van der Waals surface area contributed by atoms with Crippen LogP contribution in [0.4, 0.5) is 8.78 Å². The van der Waals surface area contributed by atoms with Gasteiger partial charge in [0.05, 0.1) is 24.1 Å². The van der Waals surface area contributed by atoms with E-state index >= 15 is 0 Å². The van der Waals surface area contributed by atoms with Crippen LogP contribution in [0.1, 0.15) is 17.0 Å². The van der Waals surface area contributed by atoms with Crippen LogP contribution < -0.4 is 0 Å². The van der Waals surface area contributed by atoms with Gasteiger partial charge in [0.2, 0.25) is 0 Å². The monoisotopic (exact) mass is 457 g/mol. The van der Waals surface area contributed by atoms with Gasteiger partial charge in [0, 0.05) is 11.6 Å². The Hall–Kier alpha value is -4.17. The molecule has 1 unspecified atom stereocenters. The van der Waals surface area contributed by atoms with Crippen molar-refractivity contribution < 1.29 is 13.9 Å². The number of halogens is 2. The second-order valence-electron chi connectivity index (χ2n) is 8.04. The van der Waals surface area contributed by atoms with Crippen molar-refractivity contribution in [1.82, 2.24) is 24.3 Å². The van der Waals surface area contributed by atoms with Gasteiger partial charge in [-0.3, -0.25) is 0 Å².